The van der Waals surface area contributed by atoms with Crippen molar-refractivity contribution >= 4 is 33.4 Å². The average molecular weight is 330 g/mol. The summed E-state index contributed by atoms with van der Waals surface area (Å²) < 4.78 is 31.5. The molecule has 2 N–H and O–H groups in total. The Kier molecular flexibility index (Phi) is 4.80. The predicted molar refractivity (Wildman–Crippen MR) is 82.9 cm³/mol. The molecule has 21 heavy (non-hydrogen) atoms. The first-order valence-electron chi connectivity index (χ1n) is 6.41. The number of anilines is 1. The van der Waals surface area contributed by atoms with Crippen LogP contribution in [-0.4, -0.2) is 50.4 Å². The average Bonchev–Trinajstić information content (AvgIpc) is 2.99. The molecule has 1 aliphatic heterocycles. The lowest BCUT2D eigenvalue weighted by Crippen LogP contribution is -2.37. The van der Waals surface area contributed by atoms with Crippen LogP contribution in [0, 0.1) is 0 Å². The number of carbonyl (C=O) groups excluding carboxylic acids is 1. The Morgan fingerprint density at radius 3 is 2.76 bits per heavy atom. The molecular weight excluding hydrogens is 312 g/mol. The fourth-order valence-corrected chi connectivity index (χ4v) is 5.15. The summed E-state index contributed by atoms with van der Waals surface area (Å²) in [6, 6.07) is 4.11. The number of esters is 1. The SMILES string of the molecule is COC(=O)c1ccc(N)cc1S(=O)(=O)N(C)C1CCSC1. The molecular formula is C13H18N2O4S2. The molecule has 0 radical (unpaired) electrons. The van der Waals surface area contributed by atoms with Crippen molar-refractivity contribution in [1.82, 2.24) is 4.31 Å². The number of hydrogen-bond acceptors (Lipinski definition) is 6. The third-order valence-corrected chi connectivity index (χ3v) is 6.58. The third-order valence-electron chi connectivity index (χ3n) is 3.49. The van der Waals surface area contributed by atoms with Gasteiger partial charge in [-0.05, 0) is 30.4 Å². The first-order valence-corrected chi connectivity index (χ1v) is 9.01. The normalized spacial score (nSPS) is 18.9. The summed E-state index contributed by atoms with van der Waals surface area (Å²) in [6.07, 6.45) is 0.802. The van der Waals surface area contributed by atoms with Crippen molar-refractivity contribution < 1.29 is 17.9 Å². The van der Waals surface area contributed by atoms with Gasteiger partial charge in [0.25, 0.3) is 0 Å². The summed E-state index contributed by atoms with van der Waals surface area (Å²) >= 11 is 1.72. The Balaban J connectivity index is 2.47. The minimum absolute atomic E-state index is 0.00389. The van der Waals surface area contributed by atoms with E-state index in [0.29, 0.717) is 0 Å². The number of ether oxygens (including phenoxy) is 1. The Hall–Kier alpha value is -1.25. The molecule has 6 nitrogen and oxygen atoms in total. The van der Waals surface area contributed by atoms with Crippen LogP contribution in [0.1, 0.15) is 16.8 Å². The van der Waals surface area contributed by atoms with Gasteiger partial charge in [-0.1, -0.05) is 0 Å². The maximum atomic E-state index is 12.8. The second-order valence-electron chi connectivity index (χ2n) is 4.79. The highest BCUT2D eigenvalue weighted by Crippen LogP contribution is 2.29. The van der Waals surface area contributed by atoms with E-state index in [-0.39, 0.29) is 22.2 Å². The fraction of sp³-hybridized carbons (Fsp3) is 0.462. The lowest BCUT2D eigenvalue weighted by atomic mass is 10.2. The van der Waals surface area contributed by atoms with Gasteiger partial charge in [-0.15, -0.1) is 0 Å². The highest BCUT2D eigenvalue weighted by atomic mass is 32.2. The van der Waals surface area contributed by atoms with Crippen LogP contribution >= 0.6 is 11.8 Å². The number of hydrogen-bond donors (Lipinski definition) is 1. The number of methoxy groups -OCH3 is 1. The molecule has 1 unspecified atom stereocenters. The van der Waals surface area contributed by atoms with E-state index >= 15 is 0 Å². The molecule has 1 atom stereocenters. The van der Waals surface area contributed by atoms with Crippen molar-refractivity contribution in [2.24, 2.45) is 0 Å². The van der Waals surface area contributed by atoms with E-state index in [1.807, 2.05) is 0 Å². The number of rotatable bonds is 4. The molecule has 0 spiro atoms. The van der Waals surface area contributed by atoms with Crippen LogP contribution in [0.15, 0.2) is 23.1 Å². The van der Waals surface area contributed by atoms with Gasteiger partial charge in [0.05, 0.1) is 17.6 Å². The van der Waals surface area contributed by atoms with Gasteiger partial charge in [-0.25, -0.2) is 13.2 Å². The lowest BCUT2D eigenvalue weighted by Gasteiger charge is -2.24. The van der Waals surface area contributed by atoms with Crippen molar-refractivity contribution in [2.45, 2.75) is 17.4 Å². The monoisotopic (exact) mass is 330 g/mol. The minimum Gasteiger partial charge on any atom is -0.465 e. The number of nitrogens with zero attached hydrogens (tertiary/aromatic N) is 1. The van der Waals surface area contributed by atoms with Crippen molar-refractivity contribution in [1.29, 1.82) is 0 Å². The van der Waals surface area contributed by atoms with Gasteiger partial charge in [-0.3, -0.25) is 0 Å². The quantitative estimate of drug-likeness (QED) is 0.659. The van der Waals surface area contributed by atoms with E-state index in [1.165, 1.54) is 36.7 Å². The van der Waals surface area contributed by atoms with Gasteiger partial charge in [0, 0.05) is 24.5 Å². The standard InChI is InChI=1S/C13H18N2O4S2/c1-15(10-5-6-20-8-10)21(17,18)12-7-9(14)3-4-11(12)13(16)19-2/h3-4,7,10H,5-6,8,14H2,1-2H3. The summed E-state index contributed by atoms with van der Waals surface area (Å²) in [7, 11) is -1.04. The highest BCUT2D eigenvalue weighted by Gasteiger charge is 2.33. The van der Waals surface area contributed by atoms with Gasteiger partial charge >= 0.3 is 5.97 Å². The molecule has 2 rings (SSSR count). The predicted octanol–water partition coefficient (Wildman–Crippen LogP) is 1.18. The van der Waals surface area contributed by atoms with Gasteiger partial charge in [0.1, 0.15) is 0 Å². The van der Waals surface area contributed by atoms with Crippen molar-refractivity contribution in [2.75, 3.05) is 31.4 Å². The minimum atomic E-state index is -3.79. The van der Waals surface area contributed by atoms with E-state index in [4.69, 9.17) is 5.73 Å². The van der Waals surface area contributed by atoms with E-state index in [0.717, 1.165) is 17.9 Å². The summed E-state index contributed by atoms with van der Waals surface area (Å²) in [6.45, 7) is 0. The molecule has 8 heteroatoms. The van der Waals surface area contributed by atoms with Crippen LogP contribution in [0.3, 0.4) is 0 Å². The Labute approximate surface area is 128 Å². The topological polar surface area (TPSA) is 89.7 Å². The van der Waals surface area contributed by atoms with Gasteiger partial charge in [0.2, 0.25) is 10.0 Å². The van der Waals surface area contributed by atoms with E-state index in [1.54, 1.807) is 11.8 Å². The summed E-state index contributed by atoms with van der Waals surface area (Å²) in [4.78, 5) is 11.7. The second kappa shape index (κ2) is 6.25. The molecule has 116 valence electrons. The molecule has 0 bridgehead atoms. The maximum absolute atomic E-state index is 12.8. The molecule has 0 saturated carbocycles. The largest absolute Gasteiger partial charge is 0.465 e. The zero-order valence-electron chi connectivity index (χ0n) is 11.9. The van der Waals surface area contributed by atoms with Crippen LogP contribution < -0.4 is 5.73 Å². The molecule has 0 aliphatic carbocycles. The molecule has 1 aliphatic rings. The van der Waals surface area contributed by atoms with Gasteiger partial charge in [-0.2, -0.15) is 16.1 Å². The summed E-state index contributed by atoms with van der Waals surface area (Å²) in [5, 5.41) is 0. The lowest BCUT2D eigenvalue weighted by molar-refractivity contribution is 0.0596. The van der Waals surface area contributed by atoms with Crippen LogP contribution in [0.25, 0.3) is 0 Å². The molecule has 1 aromatic rings. The third kappa shape index (κ3) is 3.17. The first-order chi connectivity index (χ1) is 9.87. The van der Waals surface area contributed by atoms with Gasteiger partial charge in [0.15, 0.2) is 0 Å². The van der Waals surface area contributed by atoms with Crippen LogP contribution in [0.4, 0.5) is 5.69 Å². The Morgan fingerprint density at radius 1 is 1.48 bits per heavy atom. The molecule has 1 aromatic carbocycles. The van der Waals surface area contributed by atoms with Crippen LogP contribution in [0.2, 0.25) is 0 Å². The number of nitrogen functional groups attached to an aromatic ring is 1. The van der Waals surface area contributed by atoms with Crippen LogP contribution in [0.5, 0.6) is 0 Å². The number of benzene rings is 1. The molecule has 0 aromatic heterocycles. The Morgan fingerprint density at radius 2 is 2.19 bits per heavy atom. The zero-order chi connectivity index (χ0) is 15.6. The number of sulfonamides is 1. The summed E-state index contributed by atoms with van der Waals surface area (Å²) in [5.74, 6) is 1.000. The van der Waals surface area contributed by atoms with E-state index in [2.05, 4.69) is 4.74 Å². The number of carbonyl (C=O) groups is 1. The number of thioether (sulfide) groups is 1. The van der Waals surface area contributed by atoms with E-state index in [9.17, 15) is 13.2 Å². The fourth-order valence-electron chi connectivity index (χ4n) is 2.19. The van der Waals surface area contributed by atoms with Gasteiger partial charge < -0.3 is 10.5 Å². The highest BCUT2D eigenvalue weighted by molar-refractivity contribution is 7.99. The zero-order valence-corrected chi connectivity index (χ0v) is 13.5. The summed E-state index contributed by atoms with van der Waals surface area (Å²) in [5.41, 5.74) is 5.97. The second-order valence-corrected chi connectivity index (χ2v) is 7.90. The molecule has 1 heterocycles. The molecule has 0 amide bonds. The van der Waals surface area contributed by atoms with Crippen LogP contribution in [-0.2, 0) is 14.8 Å². The number of nitrogens with two attached hydrogens (primary N) is 1. The van der Waals surface area contributed by atoms with Crippen molar-refractivity contribution in [3.8, 4) is 0 Å². The maximum Gasteiger partial charge on any atom is 0.339 e. The smallest absolute Gasteiger partial charge is 0.339 e. The van der Waals surface area contributed by atoms with E-state index < -0.39 is 16.0 Å². The van der Waals surface area contributed by atoms with Crippen molar-refractivity contribution in [3.63, 3.8) is 0 Å². The molecule has 1 fully saturated rings. The molecule has 1 saturated heterocycles. The first kappa shape index (κ1) is 16.1. The van der Waals surface area contributed by atoms with Crippen molar-refractivity contribution in [3.05, 3.63) is 23.8 Å². The Bertz CT molecular complexity index is 640.